The lowest BCUT2D eigenvalue weighted by molar-refractivity contribution is 0.0549. The maximum atomic E-state index is 12.9. The van der Waals surface area contributed by atoms with Crippen LogP contribution in [0.5, 0.6) is 0 Å². The Morgan fingerprint density at radius 1 is 1.00 bits per heavy atom. The number of benzene rings is 2. The lowest BCUT2D eigenvalue weighted by atomic mass is 9.95. The molecule has 0 N–H and O–H groups in total. The molecule has 130 valence electrons. The van der Waals surface area contributed by atoms with E-state index in [-0.39, 0.29) is 5.91 Å². The molecule has 1 fully saturated rings. The normalized spacial score (nSPS) is 21.0. The number of nitrogens with zero attached hydrogens (tertiary/aromatic N) is 2. The molecule has 2 heterocycles. The molecule has 2 aliphatic rings. The summed E-state index contributed by atoms with van der Waals surface area (Å²) in [5.74, 6) is 0.0627. The summed E-state index contributed by atoms with van der Waals surface area (Å²) in [6.07, 6.45) is 3.32. The number of halogens is 1. The van der Waals surface area contributed by atoms with Crippen LogP contribution in [0.1, 0.15) is 34.3 Å². The van der Waals surface area contributed by atoms with Gasteiger partial charge in [0.05, 0.1) is 10.6 Å². The molecule has 0 aliphatic carbocycles. The molecular weight excluding hydrogens is 332 g/mol. The molecule has 1 amide bonds. The van der Waals surface area contributed by atoms with E-state index < -0.39 is 0 Å². The second kappa shape index (κ2) is 7.19. The van der Waals surface area contributed by atoms with Crippen molar-refractivity contribution in [2.45, 2.75) is 31.8 Å². The van der Waals surface area contributed by atoms with Crippen LogP contribution >= 0.6 is 11.6 Å². The minimum atomic E-state index is 0.0627. The van der Waals surface area contributed by atoms with Gasteiger partial charge < -0.3 is 4.90 Å². The monoisotopic (exact) mass is 354 g/mol. The highest BCUT2D eigenvalue weighted by Gasteiger charge is 2.30. The fraction of sp³-hybridized carbons (Fsp3) is 0.381. The van der Waals surface area contributed by atoms with Crippen LogP contribution < -0.4 is 0 Å². The fourth-order valence-corrected chi connectivity index (χ4v) is 4.29. The van der Waals surface area contributed by atoms with Gasteiger partial charge in [-0.2, -0.15) is 0 Å². The predicted octanol–water partition coefficient (Wildman–Crippen LogP) is 4.00. The lowest BCUT2D eigenvalue weighted by Crippen LogP contribution is -2.51. The van der Waals surface area contributed by atoms with Gasteiger partial charge in [0.2, 0.25) is 0 Å². The smallest absolute Gasteiger partial charge is 0.255 e. The molecule has 4 rings (SSSR count). The summed E-state index contributed by atoms with van der Waals surface area (Å²) in [6, 6.07) is 16.5. The van der Waals surface area contributed by atoms with Crippen molar-refractivity contribution in [2.24, 2.45) is 0 Å². The molecule has 0 aromatic heterocycles. The number of piperidine rings is 1. The number of carbonyl (C=O) groups is 1. The van der Waals surface area contributed by atoms with E-state index in [9.17, 15) is 4.79 Å². The minimum Gasteiger partial charge on any atom is -0.337 e. The summed E-state index contributed by atoms with van der Waals surface area (Å²) in [5.41, 5.74) is 3.52. The van der Waals surface area contributed by atoms with Crippen molar-refractivity contribution in [3.63, 3.8) is 0 Å². The van der Waals surface area contributed by atoms with E-state index in [1.807, 2.05) is 23.1 Å². The molecule has 0 bridgehead atoms. The molecule has 2 aliphatic heterocycles. The summed E-state index contributed by atoms with van der Waals surface area (Å²) in [4.78, 5) is 17.4. The fourth-order valence-electron chi connectivity index (χ4n) is 4.07. The number of fused-ring (bicyclic) bond motifs is 1. The van der Waals surface area contributed by atoms with Crippen molar-refractivity contribution in [2.75, 3.05) is 19.6 Å². The highest BCUT2D eigenvalue weighted by Crippen LogP contribution is 2.26. The third-order valence-corrected chi connectivity index (χ3v) is 5.79. The lowest BCUT2D eigenvalue weighted by Gasteiger charge is -2.41. The van der Waals surface area contributed by atoms with Gasteiger partial charge in [0.15, 0.2) is 0 Å². The standard InChI is InChI=1S/C21H23ClN2O/c22-20-10-4-3-9-19(20)21(25)24-12-5-8-18(15-24)23-13-11-16-6-1-2-7-17(16)14-23/h1-4,6-7,9-10,18H,5,8,11-15H2/t18-/m0/s1. The van der Waals surface area contributed by atoms with Crippen LogP contribution in [0.4, 0.5) is 0 Å². The van der Waals surface area contributed by atoms with E-state index in [1.165, 1.54) is 11.1 Å². The van der Waals surface area contributed by atoms with Gasteiger partial charge in [-0.15, -0.1) is 0 Å². The Balaban J connectivity index is 1.47. The van der Waals surface area contributed by atoms with E-state index in [1.54, 1.807) is 6.07 Å². The molecule has 25 heavy (non-hydrogen) atoms. The van der Waals surface area contributed by atoms with Gasteiger partial charge in [-0.1, -0.05) is 48.0 Å². The van der Waals surface area contributed by atoms with Crippen LogP contribution in [0.2, 0.25) is 5.02 Å². The van der Waals surface area contributed by atoms with Crippen molar-refractivity contribution in [1.29, 1.82) is 0 Å². The molecule has 0 saturated carbocycles. The molecule has 1 atom stereocenters. The van der Waals surface area contributed by atoms with E-state index in [2.05, 4.69) is 29.2 Å². The third kappa shape index (κ3) is 3.44. The SMILES string of the molecule is O=C(c1ccccc1Cl)N1CCC[C@H](N2CCc3ccccc3C2)C1. The number of hydrogen-bond acceptors (Lipinski definition) is 2. The Morgan fingerprint density at radius 3 is 2.60 bits per heavy atom. The number of carbonyl (C=O) groups excluding carboxylic acids is 1. The largest absolute Gasteiger partial charge is 0.337 e. The molecule has 0 radical (unpaired) electrons. The molecule has 2 aromatic carbocycles. The third-order valence-electron chi connectivity index (χ3n) is 5.46. The first-order chi connectivity index (χ1) is 12.2. The minimum absolute atomic E-state index is 0.0627. The van der Waals surface area contributed by atoms with E-state index in [0.717, 1.165) is 45.4 Å². The highest BCUT2D eigenvalue weighted by atomic mass is 35.5. The van der Waals surface area contributed by atoms with Gasteiger partial charge in [0.25, 0.3) is 5.91 Å². The summed E-state index contributed by atoms with van der Waals surface area (Å²) < 4.78 is 0. The van der Waals surface area contributed by atoms with E-state index >= 15 is 0 Å². The van der Waals surface area contributed by atoms with Gasteiger partial charge in [0, 0.05) is 32.2 Å². The number of likely N-dealkylation sites (tertiary alicyclic amines) is 1. The summed E-state index contributed by atoms with van der Waals surface area (Å²) >= 11 is 6.22. The number of hydrogen-bond donors (Lipinski definition) is 0. The van der Waals surface area contributed by atoms with Crippen LogP contribution in [0.3, 0.4) is 0 Å². The summed E-state index contributed by atoms with van der Waals surface area (Å²) in [6.45, 7) is 3.70. The highest BCUT2D eigenvalue weighted by molar-refractivity contribution is 6.33. The first kappa shape index (κ1) is 16.6. The van der Waals surface area contributed by atoms with Crippen molar-refractivity contribution in [1.82, 2.24) is 9.80 Å². The topological polar surface area (TPSA) is 23.6 Å². The Bertz CT molecular complexity index is 776. The van der Waals surface area contributed by atoms with E-state index in [4.69, 9.17) is 11.6 Å². The zero-order valence-corrected chi connectivity index (χ0v) is 15.1. The Labute approximate surface area is 154 Å². The summed E-state index contributed by atoms with van der Waals surface area (Å²) in [7, 11) is 0. The average Bonchev–Trinajstić information content (AvgIpc) is 2.67. The van der Waals surface area contributed by atoms with Crippen molar-refractivity contribution < 1.29 is 4.79 Å². The molecule has 0 unspecified atom stereocenters. The number of amides is 1. The molecule has 3 nitrogen and oxygen atoms in total. The van der Waals surface area contributed by atoms with Crippen molar-refractivity contribution in [3.8, 4) is 0 Å². The van der Waals surface area contributed by atoms with Crippen LogP contribution in [0, 0.1) is 0 Å². The van der Waals surface area contributed by atoms with Crippen LogP contribution in [0.15, 0.2) is 48.5 Å². The van der Waals surface area contributed by atoms with Gasteiger partial charge in [0.1, 0.15) is 0 Å². The Kier molecular flexibility index (Phi) is 4.78. The first-order valence-corrected chi connectivity index (χ1v) is 9.45. The second-order valence-electron chi connectivity index (χ2n) is 7.02. The maximum absolute atomic E-state index is 12.9. The Morgan fingerprint density at radius 2 is 1.76 bits per heavy atom. The van der Waals surface area contributed by atoms with Crippen LogP contribution in [-0.4, -0.2) is 41.4 Å². The van der Waals surface area contributed by atoms with Gasteiger partial charge in [-0.3, -0.25) is 9.69 Å². The molecule has 0 spiro atoms. The predicted molar refractivity (Wildman–Crippen MR) is 101 cm³/mol. The zero-order chi connectivity index (χ0) is 17.2. The zero-order valence-electron chi connectivity index (χ0n) is 14.3. The van der Waals surface area contributed by atoms with Gasteiger partial charge in [-0.25, -0.2) is 0 Å². The average molecular weight is 355 g/mol. The Hall–Kier alpha value is -1.84. The second-order valence-corrected chi connectivity index (χ2v) is 7.42. The first-order valence-electron chi connectivity index (χ1n) is 9.07. The van der Waals surface area contributed by atoms with Crippen molar-refractivity contribution >= 4 is 17.5 Å². The van der Waals surface area contributed by atoms with E-state index in [0.29, 0.717) is 16.6 Å². The maximum Gasteiger partial charge on any atom is 0.255 e. The van der Waals surface area contributed by atoms with Crippen molar-refractivity contribution in [3.05, 3.63) is 70.2 Å². The molecule has 1 saturated heterocycles. The van der Waals surface area contributed by atoms with Gasteiger partial charge in [-0.05, 0) is 42.5 Å². The molecule has 4 heteroatoms. The molecular formula is C21H23ClN2O. The quantitative estimate of drug-likeness (QED) is 0.813. The van der Waals surface area contributed by atoms with Crippen LogP contribution in [-0.2, 0) is 13.0 Å². The summed E-state index contributed by atoms with van der Waals surface area (Å²) in [5, 5.41) is 0.543. The van der Waals surface area contributed by atoms with Gasteiger partial charge >= 0.3 is 0 Å². The molecule has 2 aromatic rings. The number of rotatable bonds is 2. The van der Waals surface area contributed by atoms with Crippen LogP contribution in [0.25, 0.3) is 0 Å².